The minimum Gasteiger partial charge on any atom is -0.486 e. The number of fused-ring (bicyclic) bond motifs is 1. The second-order valence-electron chi connectivity index (χ2n) is 6.28. The molecule has 0 fully saturated rings. The summed E-state index contributed by atoms with van der Waals surface area (Å²) in [6.45, 7) is 0.923. The first kappa shape index (κ1) is 18.3. The summed E-state index contributed by atoms with van der Waals surface area (Å²) in [4.78, 5) is 24.6. The lowest BCUT2D eigenvalue weighted by molar-refractivity contribution is -0.119. The molecule has 0 radical (unpaired) electrons. The first-order chi connectivity index (χ1) is 13.5. The van der Waals surface area contributed by atoms with Crippen molar-refractivity contribution in [1.29, 1.82) is 0 Å². The Hall–Kier alpha value is -3.07. The summed E-state index contributed by atoms with van der Waals surface area (Å²) < 4.78 is 11.7. The van der Waals surface area contributed by atoms with Crippen molar-refractivity contribution in [3.63, 3.8) is 0 Å². The van der Waals surface area contributed by atoms with Crippen molar-refractivity contribution in [3.05, 3.63) is 46.9 Å². The van der Waals surface area contributed by atoms with Gasteiger partial charge in [-0.1, -0.05) is 18.2 Å². The van der Waals surface area contributed by atoms with Gasteiger partial charge in [0.2, 0.25) is 5.91 Å². The number of anilines is 2. The van der Waals surface area contributed by atoms with Crippen LogP contribution in [0.1, 0.15) is 6.42 Å². The van der Waals surface area contributed by atoms with E-state index in [0.717, 1.165) is 0 Å². The standard InChI is InChI=1S/C19H17BrN4O4/c20-12-8-16-17(28-7-6-27-16)10-13(12)22-19(26)14-9-15(18(21)25)24(23-14)11-4-2-1-3-5-11/h1-5,8,10,15H,6-7,9H2,(H2,21,25)(H,22,26). The molecule has 4 rings (SSSR count). The number of amides is 2. The van der Waals surface area contributed by atoms with Gasteiger partial charge in [-0.05, 0) is 28.1 Å². The molecule has 0 aliphatic carbocycles. The molecule has 0 aromatic heterocycles. The molecule has 144 valence electrons. The van der Waals surface area contributed by atoms with Gasteiger partial charge in [0, 0.05) is 23.0 Å². The van der Waals surface area contributed by atoms with E-state index in [0.29, 0.717) is 40.6 Å². The van der Waals surface area contributed by atoms with Crippen LogP contribution < -0.4 is 25.5 Å². The van der Waals surface area contributed by atoms with Gasteiger partial charge in [-0.2, -0.15) is 5.10 Å². The van der Waals surface area contributed by atoms with E-state index >= 15 is 0 Å². The Morgan fingerprint density at radius 1 is 1.14 bits per heavy atom. The average molecular weight is 445 g/mol. The fourth-order valence-corrected chi connectivity index (χ4v) is 3.46. The maximum Gasteiger partial charge on any atom is 0.271 e. The number of hydrogen-bond acceptors (Lipinski definition) is 6. The van der Waals surface area contributed by atoms with Crippen LogP contribution in [-0.2, 0) is 9.59 Å². The normalized spacial score (nSPS) is 17.8. The van der Waals surface area contributed by atoms with Crippen molar-refractivity contribution >= 4 is 44.8 Å². The number of hydrogen-bond donors (Lipinski definition) is 2. The van der Waals surface area contributed by atoms with Crippen molar-refractivity contribution < 1.29 is 19.1 Å². The number of benzene rings is 2. The van der Waals surface area contributed by atoms with Crippen LogP contribution in [0.25, 0.3) is 0 Å². The van der Waals surface area contributed by atoms with Gasteiger partial charge in [0.25, 0.3) is 5.91 Å². The first-order valence-electron chi connectivity index (χ1n) is 8.64. The van der Waals surface area contributed by atoms with Crippen molar-refractivity contribution in [2.75, 3.05) is 23.5 Å². The zero-order valence-electron chi connectivity index (χ0n) is 14.7. The van der Waals surface area contributed by atoms with E-state index in [-0.39, 0.29) is 12.1 Å². The van der Waals surface area contributed by atoms with Crippen LogP contribution in [-0.4, -0.2) is 36.8 Å². The number of halogens is 1. The molecular formula is C19H17BrN4O4. The lowest BCUT2D eigenvalue weighted by Crippen LogP contribution is -2.39. The first-order valence-corrected chi connectivity index (χ1v) is 9.44. The smallest absolute Gasteiger partial charge is 0.271 e. The lowest BCUT2D eigenvalue weighted by atomic mass is 10.1. The van der Waals surface area contributed by atoms with Crippen LogP contribution in [0.4, 0.5) is 11.4 Å². The summed E-state index contributed by atoms with van der Waals surface area (Å²) in [5, 5.41) is 8.63. The van der Waals surface area contributed by atoms with Crippen LogP contribution in [0.3, 0.4) is 0 Å². The maximum atomic E-state index is 12.8. The highest BCUT2D eigenvalue weighted by atomic mass is 79.9. The van der Waals surface area contributed by atoms with Gasteiger partial charge in [-0.3, -0.25) is 14.6 Å². The highest BCUT2D eigenvalue weighted by Gasteiger charge is 2.35. The van der Waals surface area contributed by atoms with E-state index in [4.69, 9.17) is 15.2 Å². The lowest BCUT2D eigenvalue weighted by Gasteiger charge is -2.20. The van der Waals surface area contributed by atoms with Crippen molar-refractivity contribution in [2.24, 2.45) is 10.8 Å². The topological polar surface area (TPSA) is 106 Å². The number of ether oxygens (including phenoxy) is 2. The molecule has 1 atom stereocenters. The van der Waals surface area contributed by atoms with Gasteiger partial charge in [0.15, 0.2) is 11.5 Å². The summed E-state index contributed by atoms with van der Waals surface area (Å²) in [5.41, 5.74) is 6.94. The van der Waals surface area contributed by atoms with Crippen LogP contribution in [0.2, 0.25) is 0 Å². The fourth-order valence-electron chi connectivity index (χ4n) is 3.04. The van der Waals surface area contributed by atoms with E-state index in [1.807, 2.05) is 18.2 Å². The highest BCUT2D eigenvalue weighted by Crippen LogP contribution is 2.38. The molecule has 2 aliphatic rings. The molecular weight excluding hydrogens is 428 g/mol. The molecule has 28 heavy (non-hydrogen) atoms. The third-order valence-electron chi connectivity index (χ3n) is 4.40. The SMILES string of the molecule is NC(=O)C1CC(C(=O)Nc2cc3c(cc2Br)OCCO3)=NN1c1ccccc1. The second kappa shape index (κ2) is 7.51. The Labute approximate surface area is 169 Å². The van der Waals surface area contributed by atoms with Crippen LogP contribution in [0.15, 0.2) is 52.0 Å². The highest BCUT2D eigenvalue weighted by molar-refractivity contribution is 9.10. The molecule has 0 saturated heterocycles. The summed E-state index contributed by atoms with van der Waals surface area (Å²) >= 11 is 3.42. The van der Waals surface area contributed by atoms with Gasteiger partial charge in [0.1, 0.15) is 25.0 Å². The molecule has 2 aliphatic heterocycles. The summed E-state index contributed by atoms with van der Waals surface area (Å²) in [6, 6.07) is 11.8. The third-order valence-corrected chi connectivity index (χ3v) is 5.06. The molecule has 8 nitrogen and oxygen atoms in total. The molecule has 2 amide bonds. The quantitative estimate of drug-likeness (QED) is 0.751. The van der Waals surface area contributed by atoms with Crippen LogP contribution >= 0.6 is 15.9 Å². The molecule has 2 aromatic carbocycles. The predicted octanol–water partition coefficient (Wildman–Crippen LogP) is 2.28. The number of primary amides is 1. The van der Waals surface area contributed by atoms with E-state index in [1.165, 1.54) is 5.01 Å². The Morgan fingerprint density at radius 3 is 2.50 bits per heavy atom. The number of nitrogens with two attached hydrogens (primary N) is 1. The molecule has 9 heteroatoms. The van der Waals surface area contributed by atoms with Gasteiger partial charge < -0.3 is 20.5 Å². The maximum absolute atomic E-state index is 12.8. The van der Waals surface area contributed by atoms with Gasteiger partial charge in [-0.15, -0.1) is 0 Å². The number of carbonyl (C=O) groups is 2. The minimum absolute atomic E-state index is 0.123. The predicted molar refractivity (Wildman–Crippen MR) is 108 cm³/mol. The summed E-state index contributed by atoms with van der Waals surface area (Å²) in [6.07, 6.45) is 0.123. The Bertz CT molecular complexity index is 964. The summed E-state index contributed by atoms with van der Waals surface area (Å²) in [5.74, 6) is 0.204. The number of carbonyl (C=O) groups excluding carboxylic acids is 2. The van der Waals surface area contributed by atoms with E-state index in [9.17, 15) is 9.59 Å². The number of nitrogens with one attached hydrogen (secondary N) is 1. The Morgan fingerprint density at radius 2 is 1.82 bits per heavy atom. The molecule has 0 bridgehead atoms. The molecule has 3 N–H and O–H groups in total. The molecule has 0 saturated carbocycles. The number of rotatable bonds is 4. The zero-order chi connectivity index (χ0) is 19.7. The van der Waals surface area contributed by atoms with E-state index < -0.39 is 17.9 Å². The number of hydrazone groups is 1. The fraction of sp³-hybridized carbons (Fsp3) is 0.211. The van der Waals surface area contributed by atoms with Crippen LogP contribution in [0.5, 0.6) is 11.5 Å². The van der Waals surface area contributed by atoms with Crippen molar-refractivity contribution in [1.82, 2.24) is 0 Å². The van der Waals surface area contributed by atoms with Gasteiger partial charge in [-0.25, -0.2) is 0 Å². The third kappa shape index (κ3) is 3.53. The summed E-state index contributed by atoms with van der Waals surface area (Å²) in [7, 11) is 0. The number of nitrogens with zero attached hydrogens (tertiary/aromatic N) is 2. The molecule has 0 spiro atoms. The van der Waals surface area contributed by atoms with Gasteiger partial charge in [0.05, 0.1) is 11.4 Å². The zero-order valence-corrected chi connectivity index (χ0v) is 16.3. The van der Waals surface area contributed by atoms with E-state index in [2.05, 4.69) is 26.3 Å². The van der Waals surface area contributed by atoms with Crippen molar-refractivity contribution in [2.45, 2.75) is 12.5 Å². The molecule has 2 heterocycles. The van der Waals surface area contributed by atoms with E-state index in [1.54, 1.807) is 24.3 Å². The second-order valence-corrected chi connectivity index (χ2v) is 7.13. The Kier molecular flexibility index (Phi) is 4.91. The molecule has 1 unspecified atom stereocenters. The number of para-hydroxylation sites is 1. The van der Waals surface area contributed by atoms with Crippen LogP contribution in [0, 0.1) is 0 Å². The van der Waals surface area contributed by atoms with Gasteiger partial charge >= 0.3 is 0 Å². The average Bonchev–Trinajstić information content (AvgIpc) is 3.15. The molecule has 2 aromatic rings. The minimum atomic E-state index is -0.716. The van der Waals surface area contributed by atoms with Crippen molar-refractivity contribution in [3.8, 4) is 11.5 Å². The Balaban J connectivity index is 1.57. The largest absolute Gasteiger partial charge is 0.486 e. The monoisotopic (exact) mass is 444 g/mol.